The summed E-state index contributed by atoms with van der Waals surface area (Å²) in [4.78, 5) is 26.6. The summed E-state index contributed by atoms with van der Waals surface area (Å²) in [6.07, 6.45) is 1.48. The molecule has 2 rings (SSSR count). The van der Waals surface area contributed by atoms with Gasteiger partial charge >= 0.3 is 11.9 Å². The number of nitrogens with one attached hydrogen (secondary N) is 1. The van der Waals surface area contributed by atoms with Crippen LogP contribution in [0.1, 0.15) is 47.2 Å². The average molecular weight is 281 g/mol. The quantitative estimate of drug-likeness (QED) is 0.672. The summed E-state index contributed by atoms with van der Waals surface area (Å²) < 4.78 is 15.3. The zero-order chi connectivity index (χ0) is 14.9. The Balaban J connectivity index is 2.05. The van der Waals surface area contributed by atoms with Crippen molar-refractivity contribution in [1.29, 1.82) is 0 Å². The van der Waals surface area contributed by atoms with Gasteiger partial charge in [0.1, 0.15) is 24.0 Å². The third kappa shape index (κ3) is 3.60. The van der Waals surface area contributed by atoms with Crippen LogP contribution < -0.4 is 0 Å². The Labute approximate surface area is 117 Å². The zero-order valence-electron chi connectivity index (χ0n) is 12.1. The van der Waals surface area contributed by atoms with E-state index in [1.807, 2.05) is 0 Å². The molecule has 0 spiro atoms. The molecule has 1 aromatic rings. The molecule has 0 aliphatic carbocycles. The fraction of sp³-hybridized carbons (Fsp3) is 0.571. The van der Waals surface area contributed by atoms with Gasteiger partial charge in [-0.1, -0.05) is 0 Å². The maximum Gasteiger partial charge on any atom is 0.355 e. The van der Waals surface area contributed by atoms with Crippen LogP contribution in [0.15, 0.2) is 6.20 Å². The van der Waals surface area contributed by atoms with Crippen LogP contribution in [0, 0.1) is 6.92 Å². The molecule has 1 unspecified atom stereocenters. The number of ether oxygens (including phenoxy) is 3. The van der Waals surface area contributed by atoms with Gasteiger partial charge in [0.15, 0.2) is 0 Å². The van der Waals surface area contributed by atoms with Crippen molar-refractivity contribution in [3.05, 3.63) is 23.0 Å². The van der Waals surface area contributed by atoms with Crippen LogP contribution in [0.3, 0.4) is 0 Å². The molecule has 20 heavy (non-hydrogen) atoms. The van der Waals surface area contributed by atoms with E-state index in [2.05, 4.69) is 4.98 Å². The minimum Gasteiger partial charge on any atom is -0.458 e. The molecule has 110 valence electrons. The summed E-state index contributed by atoms with van der Waals surface area (Å²) in [6, 6.07) is 0. The van der Waals surface area contributed by atoms with Crippen LogP contribution in [-0.2, 0) is 14.2 Å². The highest BCUT2D eigenvalue weighted by Gasteiger charge is 2.27. The number of carbonyl (C=O) groups excluding carboxylic acids is 2. The van der Waals surface area contributed by atoms with E-state index in [-0.39, 0.29) is 18.4 Å². The summed E-state index contributed by atoms with van der Waals surface area (Å²) in [5, 5.41) is 0. The van der Waals surface area contributed by atoms with E-state index < -0.39 is 17.5 Å². The van der Waals surface area contributed by atoms with Crippen LogP contribution in [0.5, 0.6) is 0 Å². The molecular weight excluding hydrogens is 262 g/mol. The van der Waals surface area contributed by atoms with Gasteiger partial charge < -0.3 is 19.2 Å². The van der Waals surface area contributed by atoms with E-state index in [0.717, 1.165) is 0 Å². The number of epoxide rings is 1. The van der Waals surface area contributed by atoms with Crippen molar-refractivity contribution in [2.75, 3.05) is 13.2 Å². The Morgan fingerprint density at radius 2 is 2.05 bits per heavy atom. The molecule has 1 aliphatic rings. The monoisotopic (exact) mass is 281 g/mol. The largest absolute Gasteiger partial charge is 0.458 e. The Bertz CT molecular complexity index is 522. The van der Waals surface area contributed by atoms with Crippen LogP contribution in [0.4, 0.5) is 0 Å². The van der Waals surface area contributed by atoms with Crippen LogP contribution in [-0.4, -0.2) is 41.8 Å². The molecule has 6 heteroatoms. The van der Waals surface area contributed by atoms with E-state index in [0.29, 0.717) is 17.7 Å². The number of rotatable bonds is 4. The van der Waals surface area contributed by atoms with Crippen molar-refractivity contribution in [3.8, 4) is 0 Å². The number of hydrogen-bond donors (Lipinski definition) is 1. The summed E-state index contributed by atoms with van der Waals surface area (Å²) >= 11 is 0. The first-order valence-corrected chi connectivity index (χ1v) is 6.48. The summed E-state index contributed by atoms with van der Waals surface area (Å²) in [6.45, 7) is 7.91. The molecule has 6 nitrogen and oxygen atoms in total. The van der Waals surface area contributed by atoms with Gasteiger partial charge in [0, 0.05) is 6.20 Å². The van der Waals surface area contributed by atoms with Crippen LogP contribution in [0.2, 0.25) is 0 Å². The minimum absolute atomic E-state index is 0.0135. The zero-order valence-corrected chi connectivity index (χ0v) is 12.1. The highest BCUT2D eigenvalue weighted by Crippen LogP contribution is 2.19. The Morgan fingerprint density at radius 1 is 1.40 bits per heavy atom. The van der Waals surface area contributed by atoms with Crippen molar-refractivity contribution in [2.24, 2.45) is 0 Å². The van der Waals surface area contributed by atoms with Gasteiger partial charge in [0.05, 0.1) is 12.2 Å². The van der Waals surface area contributed by atoms with Crippen molar-refractivity contribution < 1.29 is 23.8 Å². The number of hydrogen-bond acceptors (Lipinski definition) is 5. The number of aromatic nitrogens is 1. The second-order valence-electron chi connectivity index (χ2n) is 5.76. The molecule has 1 fully saturated rings. The first kappa shape index (κ1) is 14.6. The molecule has 0 radical (unpaired) electrons. The SMILES string of the molecule is Cc1c(C(=O)OC(C)(C)C)c[nH]c1C(=O)OCC1CO1. The lowest BCUT2D eigenvalue weighted by molar-refractivity contribution is 0.00690. The fourth-order valence-electron chi connectivity index (χ4n) is 1.66. The van der Waals surface area contributed by atoms with E-state index in [1.165, 1.54) is 6.20 Å². The van der Waals surface area contributed by atoms with E-state index >= 15 is 0 Å². The summed E-state index contributed by atoms with van der Waals surface area (Å²) in [7, 11) is 0. The van der Waals surface area contributed by atoms with Gasteiger partial charge in [0.25, 0.3) is 0 Å². The van der Waals surface area contributed by atoms with Gasteiger partial charge in [-0.15, -0.1) is 0 Å². The second-order valence-corrected chi connectivity index (χ2v) is 5.76. The van der Waals surface area contributed by atoms with Gasteiger partial charge in [-0.3, -0.25) is 0 Å². The predicted molar refractivity (Wildman–Crippen MR) is 70.7 cm³/mol. The van der Waals surface area contributed by atoms with E-state index in [4.69, 9.17) is 14.2 Å². The predicted octanol–water partition coefficient (Wildman–Crippen LogP) is 1.83. The third-order valence-corrected chi connectivity index (χ3v) is 2.77. The number of H-pyrrole nitrogens is 1. The van der Waals surface area contributed by atoms with Gasteiger partial charge in [0.2, 0.25) is 0 Å². The fourth-order valence-corrected chi connectivity index (χ4v) is 1.66. The van der Waals surface area contributed by atoms with E-state index in [1.54, 1.807) is 27.7 Å². The second kappa shape index (κ2) is 5.28. The van der Waals surface area contributed by atoms with Crippen molar-refractivity contribution in [3.63, 3.8) is 0 Å². The van der Waals surface area contributed by atoms with Gasteiger partial charge in [-0.2, -0.15) is 0 Å². The molecule has 1 aromatic heterocycles. The molecular formula is C14H19NO5. The molecule has 2 heterocycles. The molecule has 0 bridgehead atoms. The first-order chi connectivity index (χ1) is 9.28. The Morgan fingerprint density at radius 3 is 2.60 bits per heavy atom. The number of esters is 2. The van der Waals surface area contributed by atoms with Gasteiger partial charge in [-0.25, -0.2) is 9.59 Å². The number of carbonyl (C=O) groups is 2. The summed E-state index contributed by atoms with van der Waals surface area (Å²) in [5.41, 5.74) is 0.562. The summed E-state index contributed by atoms with van der Waals surface area (Å²) in [5.74, 6) is -0.955. The van der Waals surface area contributed by atoms with Crippen LogP contribution >= 0.6 is 0 Å². The Kier molecular flexibility index (Phi) is 3.85. The molecule has 1 aliphatic heterocycles. The lowest BCUT2D eigenvalue weighted by Crippen LogP contribution is -2.24. The molecule has 1 atom stereocenters. The highest BCUT2D eigenvalue weighted by molar-refractivity contribution is 5.97. The maximum atomic E-state index is 12.0. The molecule has 1 saturated heterocycles. The topological polar surface area (TPSA) is 80.9 Å². The van der Waals surface area contributed by atoms with Crippen LogP contribution in [0.25, 0.3) is 0 Å². The molecule has 1 N–H and O–H groups in total. The lowest BCUT2D eigenvalue weighted by Gasteiger charge is -2.19. The molecule has 0 aromatic carbocycles. The van der Waals surface area contributed by atoms with Gasteiger partial charge in [-0.05, 0) is 33.3 Å². The molecule has 0 saturated carbocycles. The average Bonchev–Trinajstić information content (AvgIpc) is 3.06. The number of aromatic amines is 1. The van der Waals surface area contributed by atoms with Crippen molar-refractivity contribution in [1.82, 2.24) is 4.98 Å². The van der Waals surface area contributed by atoms with E-state index in [9.17, 15) is 9.59 Å². The van der Waals surface area contributed by atoms with Crippen molar-refractivity contribution in [2.45, 2.75) is 39.4 Å². The molecule has 0 amide bonds. The van der Waals surface area contributed by atoms with Crippen molar-refractivity contribution >= 4 is 11.9 Å². The standard InChI is InChI=1S/C14H19NO5/c1-8-10(12(16)20-14(2,3)4)5-15-11(8)13(17)19-7-9-6-18-9/h5,9,15H,6-7H2,1-4H3. The lowest BCUT2D eigenvalue weighted by atomic mass is 10.1. The highest BCUT2D eigenvalue weighted by atomic mass is 16.6. The minimum atomic E-state index is -0.579. The first-order valence-electron chi connectivity index (χ1n) is 6.48. The smallest absolute Gasteiger partial charge is 0.355 e. The third-order valence-electron chi connectivity index (χ3n) is 2.77. The normalized spacial score (nSPS) is 17.7. The Hall–Kier alpha value is -1.82. The maximum absolute atomic E-state index is 12.0.